The molecule has 0 amide bonds. The first-order chi connectivity index (χ1) is 29.4. The first-order valence-corrected chi connectivity index (χ1v) is 18.9. The van der Waals surface area contributed by atoms with E-state index in [0.717, 1.165) is 24.3 Å². The Hall–Kier alpha value is -4.84. The van der Waals surface area contributed by atoms with E-state index >= 15 is 0 Å². The maximum Gasteiger partial charge on any atom is 0.460 e. The minimum atomic E-state index is -8.81. The molecule has 2 aromatic carbocycles. The van der Waals surface area contributed by atoms with Gasteiger partial charge in [-0.1, -0.05) is 57.2 Å². The third-order valence-corrected chi connectivity index (χ3v) is 10.1. The highest BCUT2D eigenvalue weighted by atomic mass is 32.2. The Morgan fingerprint density at radius 1 is 0.576 bits per heavy atom. The number of alkyl halides is 23. The second-order valence-corrected chi connectivity index (χ2v) is 16.0. The highest BCUT2D eigenvalue weighted by molar-refractivity contribution is 7.90. The Kier molecular flexibility index (Phi) is 16.5. The van der Waals surface area contributed by atoms with Crippen LogP contribution in [0, 0.1) is 5.41 Å². The summed E-state index contributed by atoms with van der Waals surface area (Å²) in [4.78, 5) is 0. The number of halogens is 23. The first kappa shape index (κ1) is 57.3. The van der Waals surface area contributed by atoms with Crippen molar-refractivity contribution in [3.63, 3.8) is 0 Å². The lowest BCUT2D eigenvalue weighted by atomic mass is 9.91. The van der Waals surface area contributed by atoms with Crippen molar-refractivity contribution in [2.24, 2.45) is 15.6 Å². The Balaban J connectivity index is 0.000000458. The first-order valence-electron chi connectivity index (χ1n) is 17.4. The summed E-state index contributed by atoms with van der Waals surface area (Å²) in [6.45, 7) is 4.73. The average Bonchev–Trinajstić information content (AvgIpc) is 3.17. The summed E-state index contributed by atoms with van der Waals surface area (Å²) in [6, 6.07) is 9.23. The van der Waals surface area contributed by atoms with Crippen LogP contribution in [0.1, 0.15) is 43.0 Å². The molecule has 1 fully saturated rings. The van der Waals surface area contributed by atoms with Gasteiger partial charge in [-0.25, -0.2) is 13.1 Å². The van der Waals surface area contributed by atoms with E-state index in [1.54, 1.807) is 24.3 Å². The molecule has 31 heteroatoms. The summed E-state index contributed by atoms with van der Waals surface area (Å²) in [5.41, 5.74) is -0.111. The Morgan fingerprint density at radius 2 is 0.909 bits per heavy atom. The van der Waals surface area contributed by atoms with E-state index < -0.39 is 87.0 Å². The summed E-state index contributed by atoms with van der Waals surface area (Å²) in [5, 5.41) is 7.08. The molecule has 1 aliphatic heterocycles. The highest BCUT2D eigenvalue weighted by Gasteiger charge is 2.96. The van der Waals surface area contributed by atoms with Gasteiger partial charge in [-0.05, 0) is 53.0 Å². The zero-order valence-corrected chi connectivity index (χ0v) is 33.7. The molecule has 7 nitrogen and oxygen atoms in total. The van der Waals surface area contributed by atoms with Gasteiger partial charge in [0.1, 0.15) is 0 Å². The van der Waals surface area contributed by atoms with Crippen molar-refractivity contribution in [2.75, 3.05) is 19.6 Å². The number of nitrogens with one attached hydrogen (secondary N) is 3. The average molecular weight is 1020 g/mol. The molecule has 0 unspecified atom stereocenters. The largest absolute Gasteiger partial charge is 0.460 e. The van der Waals surface area contributed by atoms with Crippen LogP contribution >= 0.6 is 0 Å². The minimum absolute atomic E-state index is 0.0382. The zero-order chi connectivity index (χ0) is 51.6. The van der Waals surface area contributed by atoms with Crippen LogP contribution in [0.5, 0.6) is 0 Å². The lowest BCUT2D eigenvalue weighted by molar-refractivity contribution is -0.458. The molecule has 0 aromatic heterocycles. The molecule has 0 saturated carbocycles. The zero-order valence-electron chi connectivity index (χ0n) is 32.9. The van der Waals surface area contributed by atoms with Crippen LogP contribution in [-0.2, 0) is 22.4 Å². The fraction of sp³-hybridized carbons (Fsp3) is 0.486. The van der Waals surface area contributed by atoms with Crippen LogP contribution in [0.4, 0.5) is 101 Å². The molecule has 1 heterocycles. The van der Waals surface area contributed by atoms with Gasteiger partial charge < -0.3 is 10.6 Å². The number of guanidine groups is 1. The van der Waals surface area contributed by atoms with Gasteiger partial charge in [0.2, 0.25) is 5.96 Å². The molecule has 1 saturated heterocycles. The van der Waals surface area contributed by atoms with E-state index in [9.17, 15) is 109 Å². The normalized spacial score (nSPS) is 16.4. The van der Waals surface area contributed by atoms with Gasteiger partial charge in [0.25, 0.3) is 10.0 Å². The number of sulfonamides is 1. The molecule has 0 radical (unpaired) electrons. The summed E-state index contributed by atoms with van der Waals surface area (Å²) >= 11 is 0. The molecule has 0 bridgehead atoms. The number of rotatable bonds is 14. The lowest BCUT2D eigenvalue weighted by Crippen LogP contribution is -2.75. The van der Waals surface area contributed by atoms with Crippen molar-refractivity contribution in [3.8, 4) is 0 Å². The van der Waals surface area contributed by atoms with Gasteiger partial charge >= 0.3 is 59.3 Å². The fourth-order valence-electron chi connectivity index (χ4n) is 4.60. The molecule has 374 valence electrons. The fourth-order valence-corrected chi connectivity index (χ4v) is 5.63. The monoisotopic (exact) mass is 1020 g/mol. The molecule has 3 N–H and O–H groups in total. The van der Waals surface area contributed by atoms with Crippen molar-refractivity contribution >= 4 is 33.8 Å². The van der Waals surface area contributed by atoms with Gasteiger partial charge in [-0.2, -0.15) is 101 Å². The SMILES string of the molecule is CC1(C)CNC(=NN=C(/C=C/c2ccc(C(F)(F)F)cc2)/C=C/c2ccc(C(F)(F)F)cc2)NC1.CCNS(=O)(=O)C(F)(F)C(F)(F)C(F)(F)C(F)(F)C(F)(F)C(F)(F)C(F)(F)C(F)(F)F. The summed E-state index contributed by atoms with van der Waals surface area (Å²) in [7, 11) is -7.15. The quantitative estimate of drug-likeness (QED) is 0.0998. The predicted molar refractivity (Wildman–Crippen MR) is 189 cm³/mol. The maximum atomic E-state index is 13.4. The van der Waals surface area contributed by atoms with Gasteiger partial charge in [-0.15, -0.1) is 10.2 Å². The summed E-state index contributed by atoms with van der Waals surface area (Å²) in [6.07, 6.45) is -10.5. The van der Waals surface area contributed by atoms with Crippen molar-refractivity contribution in [1.29, 1.82) is 0 Å². The number of hydrogen-bond donors (Lipinski definition) is 3. The third kappa shape index (κ3) is 11.8. The Bertz CT molecular complexity index is 2130. The number of allylic oxidation sites excluding steroid dienone is 2. The van der Waals surface area contributed by atoms with Gasteiger partial charge in [0, 0.05) is 19.6 Å². The Morgan fingerprint density at radius 3 is 1.23 bits per heavy atom. The minimum Gasteiger partial charge on any atom is -0.354 e. The summed E-state index contributed by atoms with van der Waals surface area (Å²) < 4.78 is 318. The standard InChI is InChI=1S/C25H24F6N4.C10H6F17NO2S/c1-23(2)15-32-22(33-16-23)35-34-21(13-7-17-3-9-19(10-4-17)24(26,27)28)14-8-18-5-11-20(12-6-18)25(29,30)31;1-2-28-31(29,30)10(26,27)8(21,22)6(17,18)4(13,14)3(11,12)5(15,16)7(19,20)9(23,24)25/h3-14H,15-16H2,1-2H3,(H2,32,33,35);28H,2H2,1H3/b13-7+,14-8+;. The smallest absolute Gasteiger partial charge is 0.354 e. The van der Waals surface area contributed by atoms with E-state index in [-0.39, 0.29) is 5.41 Å². The molecular weight excluding hydrogens is 991 g/mol. The maximum absolute atomic E-state index is 13.4. The number of hydrogen-bond acceptors (Lipinski definition) is 4. The van der Waals surface area contributed by atoms with Crippen LogP contribution in [0.25, 0.3) is 12.2 Å². The molecule has 0 spiro atoms. The van der Waals surface area contributed by atoms with Crippen LogP contribution in [0.3, 0.4) is 0 Å². The Labute approximate surface area is 356 Å². The summed E-state index contributed by atoms with van der Waals surface area (Å²) in [5.74, 6) is -51.0. The van der Waals surface area contributed by atoms with Crippen LogP contribution in [0.2, 0.25) is 0 Å². The van der Waals surface area contributed by atoms with E-state index in [0.29, 0.717) is 47.5 Å². The van der Waals surface area contributed by atoms with Crippen LogP contribution in [-0.4, -0.2) is 86.7 Å². The molecule has 2 aromatic rings. The van der Waals surface area contributed by atoms with Crippen LogP contribution in [0.15, 0.2) is 70.9 Å². The number of benzene rings is 2. The number of nitrogens with zero attached hydrogens (tertiary/aromatic N) is 2. The van der Waals surface area contributed by atoms with Crippen LogP contribution < -0.4 is 15.4 Å². The van der Waals surface area contributed by atoms with Gasteiger partial charge in [0.05, 0.1) is 16.8 Å². The van der Waals surface area contributed by atoms with Crippen molar-refractivity contribution < 1.29 is 109 Å². The van der Waals surface area contributed by atoms with Crippen molar-refractivity contribution in [3.05, 3.63) is 82.9 Å². The van der Waals surface area contributed by atoms with Crippen molar-refractivity contribution in [1.82, 2.24) is 15.4 Å². The molecule has 3 rings (SSSR count). The molecule has 66 heavy (non-hydrogen) atoms. The molecule has 0 aliphatic carbocycles. The van der Waals surface area contributed by atoms with Gasteiger partial charge in [0.15, 0.2) is 0 Å². The molecular formula is C35H30F23N5O2S. The van der Waals surface area contributed by atoms with Gasteiger partial charge in [-0.3, -0.25) is 0 Å². The molecule has 1 aliphatic rings. The topological polar surface area (TPSA) is 94.9 Å². The molecule has 0 atom stereocenters. The predicted octanol–water partition coefficient (Wildman–Crippen LogP) is 11.3. The lowest BCUT2D eigenvalue weighted by Gasteiger charge is -2.42. The van der Waals surface area contributed by atoms with Crippen molar-refractivity contribution in [2.45, 2.75) is 80.1 Å². The second kappa shape index (κ2) is 19.0. The highest BCUT2D eigenvalue weighted by Crippen LogP contribution is 2.64. The van der Waals surface area contributed by atoms with E-state index in [1.165, 1.54) is 24.3 Å². The van der Waals surface area contributed by atoms with E-state index in [1.807, 2.05) is 0 Å². The van der Waals surface area contributed by atoms with E-state index in [2.05, 4.69) is 34.7 Å². The third-order valence-electron chi connectivity index (χ3n) is 8.47. The van der Waals surface area contributed by atoms with E-state index in [4.69, 9.17) is 0 Å². The second-order valence-electron chi connectivity index (χ2n) is 14.2.